The van der Waals surface area contributed by atoms with Gasteiger partial charge in [0.2, 0.25) is 0 Å². The number of nitrogens with one attached hydrogen (secondary N) is 1. The van der Waals surface area contributed by atoms with Crippen molar-refractivity contribution in [3.05, 3.63) is 34.9 Å². The van der Waals surface area contributed by atoms with Crippen LogP contribution in [0.2, 0.25) is 0 Å². The molecule has 1 heterocycles. The first-order chi connectivity index (χ1) is 9.00. The summed E-state index contributed by atoms with van der Waals surface area (Å²) in [6, 6.07) is 6.78. The van der Waals surface area contributed by atoms with Gasteiger partial charge in [-0.05, 0) is 31.9 Å². The van der Waals surface area contributed by atoms with E-state index in [1.807, 2.05) is 0 Å². The standard InChI is InChI=1S/C16H25NO2/c1-12-4-5-15(13(2)10-12)14(3)17-11-16(18)6-8-19-9-7-16/h4-5,10,14,17-18H,6-9,11H2,1-3H3. The van der Waals surface area contributed by atoms with Crippen molar-refractivity contribution in [3.63, 3.8) is 0 Å². The zero-order chi connectivity index (χ0) is 13.9. The molecule has 1 atom stereocenters. The van der Waals surface area contributed by atoms with Gasteiger partial charge >= 0.3 is 0 Å². The molecular weight excluding hydrogens is 238 g/mol. The SMILES string of the molecule is Cc1ccc(C(C)NCC2(O)CCOCC2)c(C)c1. The highest BCUT2D eigenvalue weighted by Crippen LogP contribution is 2.22. The summed E-state index contributed by atoms with van der Waals surface area (Å²) in [6.45, 7) is 8.36. The molecule has 3 nitrogen and oxygen atoms in total. The number of hydrogen-bond donors (Lipinski definition) is 2. The Balaban J connectivity index is 1.95. The Morgan fingerprint density at radius 1 is 1.32 bits per heavy atom. The molecule has 106 valence electrons. The van der Waals surface area contributed by atoms with Crippen LogP contribution in [0.3, 0.4) is 0 Å². The Labute approximate surface area is 116 Å². The molecule has 0 aliphatic carbocycles. The van der Waals surface area contributed by atoms with Crippen LogP contribution in [0, 0.1) is 13.8 Å². The molecule has 0 saturated carbocycles. The van der Waals surface area contributed by atoms with Crippen LogP contribution in [0.4, 0.5) is 0 Å². The summed E-state index contributed by atoms with van der Waals surface area (Å²) in [4.78, 5) is 0. The van der Waals surface area contributed by atoms with Gasteiger partial charge in [0.25, 0.3) is 0 Å². The molecule has 0 radical (unpaired) electrons. The predicted molar refractivity (Wildman–Crippen MR) is 77.3 cm³/mol. The van der Waals surface area contributed by atoms with Gasteiger partial charge in [-0.1, -0.05) is 23.8 Å². The van der Waals surface area contributed by atoms with Crippen LogP contribution in [0.1, 0.15) is 42.5 Å². The van der Waals surface area contributed by atoms with Crippen molar-refractivity contribution in [2.24, 2.45) is 0 Å². The Morgan fingerprint density at radius 2 is 2.00 bits per heavy atom. The van der Waals surface area contributed by atoms with Crippen LogP contribution in [-0.4, -0.2) is 30.5 Å². The number of hydrogen-bond acceptors (Lipinski definition) is 3. The highest BCUT2D eigenvalue weighted by Gasteiger charge is 2.29. The minimum absolute atomic E-state index is 0.257. The van der Waals surface area contributed by atoms with Gasteiger partial charge in [0, 0.05) is 38.6 Å². The average Bonchev–Trinajstić information content (AvgIpc) is 2.37. The molecule has 1 unspecified atom stereocenters. The lowest BCUT2D eigenvalue weighted by molar-refractivity contribution is -0.0626. The Morgan fingerprint density at radius 3 is 2.63 bits per heavy atom. The third-order valence-electron chi connectivity index (χ3n) is 4.05. The van der Waals surface area contributed by atoms with Gasteiger partial charge in [-0.25, -0.2) is 0 Å². The Kier molecular flexibility index (Phi) is 4.61. The van der Waals surface area contributed by atoms with Crippen LogP contribution in [-0.2, 0) is 4.74 Å². The zero-order valence-corrected chi connectivity index (χ0v) is 12.2. The highest BCUT2D eigenvalue weighted by molar-refractivity contribution is 5.32. The van der Waals surface area contributed by atoms with Crippen molar-refractivity contribution in [1.82, 2.24) is 5.32 Å². The van der Waals surface area contributed by atoms with Crippen LogP contribution in [0.25, 0.3) is 0 Å². The third-order valence-corrected chi connectivity index (χ3v) is 4.05. The smallest absolute Gasteiger partial charge is 0.0815 e. The molecule has 1 aromatic rings. The molecule has 2 rings (SSSR count). The summed E-state index contributed by atoms with van der Waals surface area (Å²) in [5.41, 5.74) is 3.29. The van der Waals surface area contributed by atoms with Crippen LogP contribution in [0.5, 0.6) is 0 Å². The van der Waals surface area contributed by atoms with Gasteiger partial charge in [0.1, 0.15) is 0 Å². The van der Waals surface area contributed by atoms with E-state index in [0.717, 1.165) is 12.8 Å². The van der Waals surface area contributed by atoms with Crippen LogP contribution >= 0.6 is 0 Å². The quantitative estimate of drug-likeness (QED) is 0.877. The molecule has 1 aliphatic heterocycles. The first-order valence-electron chi connectivity index (χ1n) is 7.11. The van der Waals surface area contributed by atoms with E-state index in [-0.39, 0.29) is 6.04 Å². The van der Waals surface area contributed by atoms with E-state index in [0.29, 0.717) is 19.8 Å². The number of aliphatic hydroxyl groups is 1. The molecule has 1 saturated heterocycles. The average molecular weight is 263 g/mol. The van der Waals surface area contributed by atoms with E-state index >= 15 is 0 Å². The van der Waals surface area contributed by atoms with Crippen molar-refractivity contribution in [2.45, 2.75) is 45.3 Å². The lowest BCUT2D eigenvalue weighted by Crippen LogP contribution is -2.45. The Hall–Kier alpha value is -0.900. The van der Waals surface area contributed by atoms with Crippen molar-refractivity contribution in [3.8, 4) is 0 Å². The molecule has 3 heteroatoms. The summed E-state index contributed by atoms with van der Waals surface area (Å²) >= 11 is 0. The summed E-state index contributed by atoms with van der Waals surface area (Å²) in [5, 5.41) is 13.9. The van der Waals surface area contributed by atoms with E-state index in [9.17, 15) is 5.11 Å². The molecule has 0 bridgehead atoms. The van der Waals surface area contributed by atoms with Gasteiger partial charge in [-0.3, -0.25) is 0 Å². The summed E-state index contributed by atoms with van der Waals surface area (Å²) in [7, 11) is 0. The molecular formula is C16H25NO2. The second-order valence-electron chi connectivity index (χ2n) is 5.80. The first kappa shape index (κ1) is 14.5. The second kappa shape index (κ2) is 6.04. The molecule has 0 amide bonds. The van der Waals surface area contributed by atoms with E-state index < -0.39 is 5.60 Å². The molecule has 1 aliphatic rings. The number of ether oxygens (including phenoxy) is 1. The lowest BCUT2D eigenvalue weighted by Gasteiger charge is -2.33. The first-order valence-corrected chi connectivity index (χ1v) is 7.11. The van der Waals surface area contributed by atoms with Crippen LogP contribution in [0.15, 0.2) is 18.2 Å². The fourth-order valence-corrected chi connectivity index (χ4v) is 2.69. The molecule has 1 fully saturated rings. The van der Waals surface area contributed by atoms with E-state index in [1.165, 1.54) is 16.7 Å². The maximum absolute atomic E-state index is 10.4. The maximum Gasteiger partial charge on any atom is 0.0815 e. The number of aryl methyl sites for hydroxylation is 2. The number of benzene rings is 1. The third kappa shape index (κ3) is 3.78. The monoisotopic (exact) mass is 263 g/mol. The predicted octanol–water partition coefficient (Wildman–Crippen LogP) is 2.50. The second-order valence-corrected chi connectivity index (χ2v) is 5.80. The summed E-state index contributed by atoms with van der Waals surface area (Å²) in [5.74, 6) is 0. The largest absolute Gasteiger partial charge is 0.388 e. The van der Waals surface area contributed by atoms with Crippen molar-refractivity contribution in [2.75, 3.05) is 19.8 Å². The highest BCUT2D eigenvalue weighted by atomic mass is 16.5. The maximum atomic E-state index is 10.4. The molecule has 2 N–H and O–H groups in total. The van der Waals surface area contributed by atoms with Crippen molar-refractivity contribution < 1.29 is 9.84 Å². The molecule has 19 heavy (non-hydrogen) atoms. The zero-order valence-electron chi connectivity index (χ0n) is 12.2. The van der Waals surface area contributed by atoms with Gasteiger partial charge in [0.15, 0.2) is 0 Å². The fraction of sp³-hybridized carbons (Fsp3) is 0.625. The summed E-state index contributed by atoms with van der Waals surface area (Å²) < 4.78 is 5.30. The minimum atomic E-state index is -0.606. The minimum Gasteiger partial charge on any atom is -0.388 e. The summed E-state index contributed by atoms with van der Waals surface area (Å²) in [6.07, 6.45) is 1.44. The van der Waals surface area contributed by atoms with Gasteiger partial charge < -0.3 is 15.2 Å². The van der Waals surface area contributed by atoms with Crippen molar-refractivity contribution >= 4 is 0 Å². The van der Waals surface area contributed by atoms with E-state index in [4.69, 9.17) is 4.74 Å². The molecule has 0 spiro atoms. The fourth-order valence-electron chi connectivity index (χ4n) is 2.69. The topological polar surface area (TPSA) is 41.5 Å². The normalized spacial score (nSPS) is 20.2. The van der Waals surface area contributed by atoms with Gasteiger partial charge in [-0.15, -0.1) is 0 Å². The number of rotatable bonds is 4. The van der Waals surface area contributed by atoms with Gasteiger partial charge in [-0.2, -0.15) is 0 Å². The Bertz CT molecular complexity index is 425. The van der Waals surface area contributed by atoms with Crippen LogP contribution < -0.4 is 5.32 Å². The van der Waals surface area contributed by atoms with E-state index in [1.54, 1.807) is 0 Å². The van der Waals surface area contributed by atoms with E-state index in [2.05, 4.69) is 44.3 Å². The van der Waals surface area contributed by atoms with Crippen molar-refractivity contribution in [1.29, 1.82) is 0 Å². The lowest BCUT2D eigenvalue weighted by atomic mass is 9.93. The molecule has 1 aromatic carbocycles. The van der Waals surface area contributed by atoms with Gasteiger partial charge in [0.05, 0.1) is 5.60 Å². The molecule has 0 aromatic heterocycles.